The number of hydrogen-bond donors (Lipinski definition) is 1. The van der Waals surface area contributed by atoms with Crippen molar-refractivity contribution in [3.8, 4) is 11.5 Å². The molecule has 3 rings (SSSR count). The van der Waals surface area contributed by atoms with Gasteiger partial charge in [0.2, 0.25) is 0 Å². The van der Waals surface area contributed by atoms with Gasteiger partial charge in [0, 0.05) is 37.3 Å². The SMILES string of the molecule is COc1ccnc(CN2CCOC[C@@H]2[C@@H]2CCC[C@@H]2O)c1OC. The number of hydrogen-bond acceptors (Lipinski definition) is 6. The molecule has 23 heavy (non-hydrogen) atoms. The number of aliphatic hydroxyl groups is 1. The summed E-state index contributed by atoms with van der Waals surface area (Å²) in [7, 11) is 3.27. The van der Waals surface area contributed by atoms with Gasteiger partial charge in [-0.3, -0.25) is 9.88 Å². The van der Waals surface area contributed by atoms with Gasteiger partial charge in [0.1, 0.15) is 5.69 Å². The van der Waals surface area contributed by atoms with Crippen molar-refractivity contribution in [3.05, 3.63) is 18.0 Å². The Labute approximate surface area is 137 Å². The van der Waals surface area contributed by atoms with E-state index in [1.54, 1.807) is 26.5 Å². The summed E-state index contributed by atoms with van der Waals surface area (Å²) in [6.07, 6.45) is 4.58. The second kappa shape index (κ2) is 7.47. The lowest BCUT2D eigenvalue weighted by Crippen LogP contribution is -2.50. The van der Waals surface area contributed by atoms with Crippen LogP contribution in [-0.2, 0) is 11.3 Å². The molecule has 0 spiro atoms. The van der Waals surface area contributed by atoms with E-state index in [1.165, 1.54) is 0 Å². The molecular formula is C17H26N2O4. The van der Waals surface area contributed by atoms with Crippen LogP contribution in [0.15, 0.2) is 12.3 Å². The summed E-state index contributed by atoms with van der Waals surface area (Å²) in [4.78, 5) is 6.85. The Hall–Kier alpha value is -1.37. The van der Waals surface area contributed by atoms with Gasteiger partial charge in [-0.2, -0.15) is 0 Å². The second-order valence-corrected chi connectivity index (χ2v) is 6.27. The van der Waals surface area contributed by atoms with Gasteiger partial charge in [-0.25, -0.2) is 0 Å². The van der Waals surface area contributed by atoms with Crippen LogP contribution in [0.25, 0.3) is 0 Å². The highest BCUT2D eigenvalue weighted by Gasteiger charge is 2.38. The van der Waals surface area contributed by atoms with Crippen molar-refractivity contribution in [2.75, 3.05) is 34.0 Å². The zero-order valence-corrected chi connectivity index (χ0v) is 13.9. The zero-order chi connectivity index (χ0) is 16.2. The minimum Gasteiger partial charge on any atom is -0.493 e. The third-order valence-corrected chi connectivity index (χ3v) is 5.03. The summed E-state index contributed by atoms with van der Waals surface area (Å²) in [5.74, 6) is 1.67. The number of rotatable bonds is 5. The van der Waals surface area contributed by atoms with Crippen LogP contribution in [0, 0.1) is 5.92 Å². The largest absolute Gasteiger partial charge is 0.493 e. The van der Waals surface area contributed by atoms with E-state index in [1.807, 2.05) is 0 Å². The van der Waals surface area contributed by atoms with E-state index in [0.29, 0.717) is 31.3 Å². The summed E-state index contributed by atoms with van der Waals surface area (Å²) < 4.78 is 16.5. The van der Waals surface area contributed by atoms with Crippen molar-refractivity contribution in [2.24, 2.45) is 5.92 Å². The Morgan fingerprint density at radius 2 is 2.22 bits per heavy atom. The molecule has 128 valence electrons. The lowest BCUT2D eigenvalue weighted by molar-refractivity contribution is -0.0543. The van der Waals surface area contributed by atoms with Gasteiger partial charge in [0.25, 0.3) is 0 Å². The topological polar surface area (TPSA) is 64.1 Å². The maximum absolute atomic E-state index is 10.3. The number of aromatic nitrogens is 1. The molecule has 1 aromatic heterocycles. The van der Waals surface area contributed by atoms with Crippen molar-refractivity contribution in [3.63, 3.8) is 0 Å². The first kappa shape index (κ1) is 16.5. The van der Waals surface area contributed by atoms with Crippen LogP contribution < -0.4 is 9.47 Å². The average molecular weight is 322 g/mol. The van der Waals surface area contributed by atoms with Crippen LogP contribution in [0.4, 0.5) is 0 Å². The molecule has 0 aromatic carbocycles. The molecule has 1 aromatic rings. The van der Waals surface area contributed by atoms with E-state index in [9.17, 15) is 5.11 Å². The highest BCUT2D eigenvalue weighted by Crippen LogP contribution is 2.35. The lowest BCUT2D eigenvalue weighted by Gasteiger charge is -2.40. The highest BCUT2D eigenvalue weighted by atomic mass is 16.5. The zero-order valence-electron chi connectivity index (χ0n) is 13.9. The van der Waals surface area contributed by atoms with E-state index in [4.69, 9.17) is 14.2 Å². The number of morpholine rings is 1. The first-order chi connectivity index (χ1) is 11.2. The summed E-state index contributed by atoms with van der Waals surface area (Å²) >= 11 is 0. The van der Waals surface area contributed by atoms with Gasteiger partial charge >= 0.3 is 0 Å². The van der Waals surface area contributed by atoms with Gasteiger partial charge < -0.3 is 19.3 Å². The first-order valence-corrected chi connectivity index (χ1v) is 8.30. The average Bonchev–Trinajstić information content (AvgIpc) is 3.01. The van der Waals surface area contributed by atoms with E-state index < -0.39 is 0 Å². The fourth-order valence-corrected chi connectivity index (χ4v) is 3.82. The van der Waals surface area contributed by atoms with Gasteiger partial charge in [-0.15, -0.1) is 0 Å². The van der Waals surface area contributed by atoms with Crippen LogP contribution in [0.2, 0.25) is 0 Å². The lowest BCUT2D eigenvalue weighted by atomic mass is 9.94. The molecule has 1 aliphatic carbocycles. The Morgan fingerprint density at radius 3 is 2.91 bits per heavy atom. The molecule has 1 saturated carbocycles. The van der Waals surface area contributed by atoms with Gasteiger partial charge in [-0.1, -0.05) is 6.42 Å². The molecule has 0 radical (unpaired) electrons. The predicted octanol–water partition coefficient (Wildman–Crippen LogP) is 1.46. The van der Waals surface area contributed by atoms with Crippen molar-refractivity contribution in [1.82, 2.24) is 9.88 Å². The van der Waals surface area contributed by atoms with Crippen molar-refractivity contribution < 1.29 is 19.3 Å². The minimum absolute atomic E-state index is 0.218. The molecule has 0 bridgehead atoms. The Kier molecular flexibility index (Phi) is 5.35. The second-order valence-electron chi connectivity index (χ2n) is 6.27. The molecule has 1 saturated heterocycles. The monoisotopic (exact) mass is 322 g/mol. The van der Waals surface area contributed by atoms with Gasteiger partial charge in [0.05, 0.1) is 33.5 Å². The molecule has 0 unspecified atom stereocenters. The maximum atomic E-state index is 10.3. The fraction of sp³-hybridized carbons (Fsp3) is 0.706. The van der Waals surface area contributed by atoms with E-state index in [-0.39, 0.29) is 18.1 Å². The number of nitrogens with zero attached hydrogens (tertiary/aromatic N) is 2. The summed E-state index contributed by atoms with van der Waals surface area (Å²) in [6, 6.07) is 2.04. The molecular weight excluding hydrogens is 296 g/mol. The molecule has 2 heterocycles. The van der Waals surface area contributed by atoms with Crippen molar-refractivity contribution in [2.45, 2.75) is 38.0 Å². The smallest absolute Gasteiger partial charge is 0.183 e. The molecule has 2 fully saturated rings. The predicted molar refractivity (Wildman–Crippen MR) is 85.7 cm³/mol. The van der Waals surface area contributed by atoms with Crippen LogP contribution in [0.5, 0.6) is 11.5 Å². The Bertz CT molecular complexity index is 525. The molecule has 6 nitrogen and oxygen atoms in total. The van der Waals surface area contributed by atoms with Gasteiger partial charge in [-0.05, 0) is 12.8 Å². The standard InChI is InChI=1S/C17H26N2O4/c1-21-16-6-7-18-13(17(16)22-2)10-19-8-9-23-11-14(19)12-4-3-5-15(12)20/h6-7,12,14-15,20H,3-5,8-11H2,1-2H3/t12-,14+,15-/m0/s1. The Balaban J connectivity index is 1.79. The maximum Gasteiger partial charge on any atom is 0.183 e. The minimum atomic E-state index is -0.218. The van der Waals surface area contributed by atoms with Crippen LogP contribution in [0.1, 0.15) is 25.0 Å². The van der Waals surface area contributed by atoms with Crippen LogP contribution >= 0.6 is 0 Å². The molecule has 0 amide bonds. The summed E-state index contributed by atoms with van der Waals surface area (Å²) in [5, 5.41) is 10.3. The number of methoxy groups -OCH3 is 2. The normalized spacial score (nSPS) is 28.7. The summed E-state index contributed by atoms with van der Waals surface area (Å²) in [6.45, 7) is 2.91. The number of aliphatic hydroxyl groups excluding tert-OH is 1. The third-order valence-electron chi connectivity index (χ3n) is 5.03. The number of ether oxygens (including phenoxy) is 3. The Morgan fingerprint density at radius 1 is 1.35 bits per heavy atom. The molecule has 6 heteroatoms. The molecule has 3 atom stereocenters. The van der Waals surface area contributed by atoms with Crippen molar-refractivity contribution in [1.29, 1.82) is 0 Å². The van der Waals surface area contributed by atoms with E-state index in [2.05, 4.69) is 9.88 Å². The first-order valence-electron chi connectivity index (χ1n) is 8.30. The quantitative estimate of drug-likeness (QED) is 0.885. The molecule has 1 N–H and O–H groups in total. The van der Waals surface area contributed by atoms with Crippen LogP contribution in [0.3, 0.4) is 0 Å². The van der Waals surface area contributed by atoms with E-state index >= 15 is 0 Å². The molecule has 2 aliphatic rings. The van der Waals surface area contributed by atoms with Crippen molar-refractivity contribution >= 4 is 0 Å². The van der Waals surface area contributed by atoms with Gasteiger partial charge in [0.15, 0.2) is 11.5 Å². The molecule has 1 aliphatic heterocycles. The van der Waals surface area contributed by atoms with Crippen LogP contribution in [-0.4, -0.2) is 61.1 Å². The third kappa shape index (κ3) is 3.44. The number of pyridine rings is 1. The summed E-state index contributed by atoms with van der Waals surface area (Å²) in [5.41, 5.74) is 0.867. The highest BCUT2D eigenvalue weighted by molar-refractivity contribution is 5.42. The fourth-order valence-electron chi connectivity index (χ4n) is 3.82. The van der Waals surface area contributed by atoms with E-state index in [0.717, 1.165) is 31.5 Å².